The minimum absolute atomic E-state index is 0.0573. The van der Waals surface area contributed by atoms with Gasteiger partial charge in [-0.1, -0.05) is 6.07 Å². The number of rotatable bonds is 4. The molecule has 3 rings (SSSR count). The van der Waals surface area contributed by atoms with E-state index in [1.165, 1.54) is 0 Å². The van der Waals surface area contributed by atoms with E-state index in [0.29, 0.717) is 25.5 Å². The molecule has 2 aliphatic heterocycles. The Hall–Kier alpha value is -2.01. The Morgan fingerprint density at radius 1 is 1.24 bits per heavy atom. The second-order valence-electron chi connectivity index (χ2n) is 6.97. The van der Waals surface area contributed by atoms with E-state index in [2.05, 4.69) is 10.3 Å². The molecule has 0 radical (unpaired) electrons. The van der Waals surface area contributed by atoms with Crippen molar-refractivity contribution in [1.29, 1.82) is 0 Å². The van der Waals surface area contributed by atoms with E-state index in [9.17, 15) is 22.0 Å². The Bertz CT molecular complexity index is 656. The summed E-state index contributed by atoms with van der Waals surface area (Å²) in [5.41, 5.74) is 0.886. The van der Waals surface area contributed by atoms with Gasteiger partial charge in [0.05, 0.1) is 5.69 Å². The number of alkyl halides is 5. The van der Waals surface area contributed by atoms with Crippen molar-refractivity contribution < 1.29 is 36.6 Å². The predicted octanol–water partition coefficient (Wildman–Crippen LogP) is 3.08. The lowest BCUT2D eigenvalue weighted by Gasteiger charge is -2.31. The summed E-state index contributed by atoms with van der Waals surface area (Å²) in [6.45, 7) is 3.42. The van der Waals surface area contributed by atoms with Crippen LogP contribution < -0.4 is 10.1 Å². The average Bonchev–Trinajstić information content (AvgIpc) is 2.64. The molecule has 0 bridgehead atoms. The maximum Gasteiger partial charge on any atom is 0.490 e. The van der Waals surface area contributed by atoms with Crippen molar-refractivity contribution in [2.75, 3.05) is 26.2 Å². The molecule has 0 aliphatic carbocycles. The molecule has 0 spiro atoms. The number of carbonyl (C=O) groups is 1. The Kier molecular flexibility index (Phi) is 8.14. The lowest BCUT2D eigenvalue weighted by molar-refractivity contribution is -0.192. The highest BCUT2D eigenvalue weighted by atomic mass is 19.4. The number of hydrogen-bond acceptors (Lipinski definition) is 5. The SMILES string of the molecule is FC1(F)CCN(Cc2cccc(OC3CCNCC3)n2)CC1.O=C(O)C(F)(F)F. The van der Waals surface area contributed by atoms with Gasteiger partial charge in [-0.3, -0.25) is 4.90 Å². The summed E-state index contributed by atoms with van der Waals surface area (Å²) >= 11 is 0. The van der Waals surface area contributed by atoms with Gasteiger partial charge in [-0.25, -0.2) is 18.6 Å². The number of carboxylic acids is 1. The Morgan fingerprint density at radius 2 is 1.83 bits per heavy atom. The summed E-state index contributed by atoms with van der Waals surface area (Å²) in [6, 6.07) is 5.73. The monoisotopic (exact) mass is 425 g/mol. The molecule has 2 aliphatic rings. The largest absolute Gasteiger partial charge is 0.490 e. The molecule has 0 saturated carbocycles. The van der Waals surface area contributed by atoms with Crippen molar-refractivity contribution in [3.63, 3.8) is 0 Å². The third kappa shape index (κ3) is 8.48. The van der Waals surface area contributed by atoms with Crippen LogP contribution in [0.5, 0.6) is 5.88 Å². The minimum Gasteiger partial charge on any atom is -0.475 e. The van der Waals surface area contributed by atoms with Gasteiger partial charge in [0.2, 0.25) is 5.88 Å². The van der Waals surface area contributed by atoms with E-state index in [1.54, 1.807) is 0 Å². The summed E-state index contributed by atoms with van der Waals surface area (Å²) in [4.78, 5) is 15.5. The summed E-state index contributed by atoms with van der Waals surface area (Å²) in [6.07, 6.45) is -2.99. The second-order valence-corrected chi connectivity index (χ2v) is 6.97. The van der Waals surface area contributed by atoms with Crippen molar-refractivity contribution in [1.82, 2.24) is 15.2 Å². The first-order valence-corrected chi connectivity index (χ1v) is 9.29. The smallest absolute Gasteiger partial charge is 0.475 e. The zero-order valence-electron chi connectivity index (χ0n) is 15.7. The number of nitrogens with zero attached hydrogens (tertiary/aromatic N) is 2. The number of carboxylic acid groups (broad SMARTS) is 1. The van der Waals surface area contributed by atoms with Gasteiger partial charge < -0.3 is 15.2 Å². The highest BCUT2D eigenvalue weighted by molar-refractivity contribution is 5.73. The Balaban J connectivity index is 0.000000370. The first kappa shape index (κ1) is 23.3. The van der Waals surface area contributed by atoms with Crippen molar-refractivity contribution in [3.8, 4) is 5.88 Å². The fourth-order valence-electron chi connectivity index (χ4n) is 2.96. The van der Waals surface area contributed by atoms with Gasteiger partial charge in [0.25, 0.3) is 5.92 Å². The first-order valence-electron chi connectivity index (χ1n) is 9.29. The molecule has 11 heteroatoms. The number of aliphatic carboxylic acids is 1. The summed E-state index contributed by atoms with van der Waals surface area (Å²) in [5.74, 6) is -4.61. The summed E-state index contributed by atoms with van der Waals surface area (Å²) in [7, 11) is 0. The summed E-state index contributed by atoms with van der Waals surface area (Å²) < 4.78 is 64.0. The van der Waals surface area contributed by atoms with Crippen LogP contribution in [-0.4, -0.2) is 65.3 Å². The number of halogens is 5. The normalized spacial score (nSPS) is 20.4. The number of pyridine rings is 1. The number of nitrogens with one attached hydrogen (secondary N) is 1. The number of ether oxygens (including phenoxy) is 1. The van der Waals surface area contributed by atoms with Crippen LogP contribution in [0.15, 0.2) is 18.2 Å². The number of hydrogen-bond donors (Lipinski definition) is 2. The maximum absolute atomic E-state index is 13.2. The van der Waals surface area contributed by atoms with Gasteiger partial charge >= 0.3 is 12.1 Å². The van der Waals surface area contributed by atoms with Gasteiger partial charge in [-0.05, 0) is 32.0 Å². The van der Waals surface area contributed by atoms with Gasteiger partial charge in [0.15, 0.2) is 0 Å². The molecule has 29 heavy (non-hydrogen) atoms. The van der Waals surface area contributed by atoms with E-state index in [0.717, 1.165) is 31.6 Å². The zero-order chi connectivity index (χ0) is 21.5. The molecule has 164 valence electrons. The average molecular weight is 425 g/mol. The van der Waals surface area contributed by atoms with Crippen LogP contribution in [0, 0.1) is 0 Å². The van der Waals surface area contributed by atoms with Crippen molar-refractivity contribution in [2.45, 2.75) is 50.4 Å². The van der Waals surface area contributed by atoms with Crippen LogP contribution in [0.2, 0.25) is 0 Å². The van der Waals surface area contributed by atoms with Gasteiger partial charge in [-0.2, -0.15) is 13.2 Å². The van der Waals surface area contributed by atoms with Crippen LogP contribution in [0.25, 0.3) is 0 Å². The molecule has 1 aromatic heterocycles. The van der Waals surface area contributed by atoms with E-state index < -0.39 is 18.1 Å². The van der Waals surface area contributed by atoms with Gasteiger partial charge in [0.1, 0.15) is 6.10 Å². The minimum atomic E-state index is -5.08. The molecule has 6 nitrogen and oxygen atoms in total. The molecule has 1 aromatic rings. The number of aromatic nitrogens is 1. The van der Waals surface area contributed by atoms with Crippen LogP contribution in [0.4, 0.5) is 22.0 Å². The van der Waals surface area contributed by atoms with Gasteiger partial charge in [-0.15, -0.1) is 0 Å². The van der Waals surface area contributed by atoms with Crippen molar-refractivity contribution in [3.05, 3.63) is 23.9 Å². The quantitative estimate of drug-likeness (QED) is 0.723. The molecule has 0 unspecified atom stereocenters. The van der Waals surface area contributed by atoms with Crippen LogP contribution in [0.1, 0.15) is 31.4 Å². The molecule has 2 saturated heterocycles. The molecular formula is C18H24F5N3O3. The lowest BCUT2D eigenvalue weighted by atomic mass is 10.1. The zero-order valence-corrected chi connectivity index (χ0v) is 15.7. The molecule has 2 fully saturated rings. The Morgan fingerprint density at radius 3 is 2.38 bits per heavy atom. The standard InChI is InChI=1S/C16H23F2N3O.C2HF3O2/c17-16(18)6-10-21(11-7-16)12-13-2-1-3-15(20-13)22-14-4-8-19-9-5-14;3-2(4,5)1(6)7/h1-3,14,19H,4-12H2;(H,6,7). The highest BCUT2D eigenvalue weighted by Crippen LogP contribution is 2.28. The Labute approximate surface area is 165 Å². The third-order valence-corrected chi connectivity index (χ3v) is 4.57. The number of likely N-dealkylation sites (tertiary alicyclic amines) is 1. The third-order valence-electron chi connectivity index (χ3n) is 4.57. The molecular weight excluding hydrogens is 401 g/mol. The molecule has 3 heterocycles. The lowest BCUT2D eigenvalue weighted by Crippen LogP contribution is -2.39. The van der Waals surface area contributed by atoms with Crippen LogP contribution >= 0.6 is 0 Å². The highest BCUT2D eigenvalue weighted by Gasteiger charge is 2.38. The first-order chi connectivity index (χ1) is 13.5. The fourth-order valence-corrected chi connectivity index (χ4v) is 2.96. The topological polar surface area (TPSA) is 74.7 Å². The predicted molar refractivity (Wildman–Crippen MR) is 93.9 cm³/mol. The summed E-state index contributed by atoms with van der Waals surface area (Å²) in [5, 5.41) is 10.4. The van der Waals surface area contributed by atoms with Crippen LogP contribution in [-0.2, 0) is 11.3 Å². The van der Waals surface area contributed by atoms with Crippen molar-refractivity contribution >= 4 is 5.97 Å². The van der Waals surface area contributed by atoms with Gasteiger partial charge in [0, 0.05) is 38.5 Å². The maximum atomic E-state index is 13.2. The van der Waals surface area contributed by atoms with E-state index in [4.69, 9.17) is 14.6 Å². The molecule has 0 amide bonds. The van der Waals surface area contributed by atoms with Crippen molar-refractivity contribution in [2.24, 2.45) is 0 Å². The second kappa shape index (κ2) is 10.1. The molecule has 2 N–H and O–H groups in total. The van der Waals surface area contributed by atoms with E-state index in [1.807, 2.05) is 23.1 Å². The van der Waals surface area contributed by atoms with E-state index in [-0.39, 0.29) is 18.9 Å². The molecule has 0 aromatic carbocycles. The fraction of sp³-hybridized carbons (Fsp3) is 0.667. The number of piperidine rings is 2. The molecule has 0 atom stereocenters. The van der Waals surface area contributed by atoms with Crippen LogP contribution in [0.3, 0.4) is 0 Å². The van der Waals surface area contributed by atoms with E-state index >= 15 is 0 Å².